The summed E-state index contributed by atoms with van der Waals surface area (Å²) in [6.07, 6.45) is 0.991. The second-order valence-electron chi connectivity index (χ2n) is 6.10. The van der Waals surface area contributed by atoms with Crippen molar-refractivity contribution in [1.29, 1.82) is 0 Å². The lowest BCUT2D eigenvalue weighted by molar-refractivity contribution is 0.481. The van der Waals surface area contributed by atoms with E-state index in [1.807, 2.05) is 26.8 Å². The maximum atomic E-state index is 12.7. The van der Waals surface area contributed by atoms with Crippen molar-refractivity contribution in [1.82, 2.24) is 0 Å². The number of rotatable bonds is 5. The van der Waals surface area contributed by atoms with E-state index < -0.39 is 20.0 Å². The smallest absolute Gasteiger partial charge is 0.340 e. The minimum absolute atomic E-state index is 0.0450. The largest absolute Gasteiger partial charge is 0.379 e. The van der Waals surface area contributed by atoms with Gasteiger partial charge in [0.2, 0.25) is 0 Å². The van der Waals surface area contributed by atoms with Crippen LogP contribution in [0.25, 0.3) is 0 Å². The number of aryl methyl sites for hydroxylation is 1. The molecule has 0 saturated heterocycles. The number of halogens is 1. The minimum Gasteiger partial charge on any atom is -0.379 e. The van der Waals surface area contributed by atoms with Gasteiger partial charge in [0, 0.05) is 6.26 Å². The summed E-state index contributed by atoms with van der Waals surface area (Å²) >= 11 is 5.98. The predicted octanol–water partition coefficient (Wildman–Crippen LogP) is 3.94. The second kappa shape index (κ2) is 6.97. The Bertz CT molecular complexity index is 1010. The summed E-state index contributed by atoms with van der Waals surface area (Å²) in [5, 5.41) is -0.105. The van der Waals surface area contributed by atoms with Crippen LogP contribution >= 0.6 is 11.6 Å². The highest BCUT2D eigenvalue weighted by atomic mass is 35.5. The summed E-state index contributed by atoms with van der Waals surface area (Å²) in [6.45, 7) is 5.66. The number of benzene rings is 2. The zero-order valence-electron chi connectivity index (χ0n) is 14.3. The second-order valence-corrected chi connectivity index (χ2v) is 10.0. The molecule has 0 N–H and O–H groups in total. The van der Waals surface area contributed by atoms with E-state index in [-0.39, 0.29) is 26.5 Å². The molecule has 25 heavy (non-hydrogen) atoms. The highest BCUT2D eigenvalue weighted by molar-refractivity contribution is 7.90. The summed E-state index contributed by atoms with van der Waals surface area (Å²) in [7, 11) is -7.88. The summed E-state index contributed by atoms with van der Waals surface area (Å²) in [4.78, 5) is -0.527. The molecule has 0 aromatic heterocycles. The molecule has 0 heterocycles. The van der Waals surface area contributed by atoms with E-state index in [1.165, 1.54) is 12.1 Å². The highest BCUT2D eigenvalue weighted by Gasteiger charge is 2.24. The Morgan fingerprint density at radius 2 is 1.64 bits per heavy atom. The first-order valence-corrected chi connectivity index (χ1v) is 11.1. The van der Waals surface area contributed by atoms with Crippen LogP contribution in [0.4, 0.5) is 0 Å². The van der Waals surface area contributed by atoms with Crippen LogP contribution in [0.15, 0.2) is 46.2 Å². The lowest BCUT2D eigenvalue weighted by Crippen LogP contribution is -2.13. The fourth-order valence-electron chi connectivity index (χ4n) is 2.26. The Morgan fingerprint density at radius 3 is 2.20 bits per heavy atom. The third-order valence-electron chi connectivity index (χ3n) is 3.59. The van der Waals surface area contributed by atoms with Crippen LogP contribution in [0.1, 0.15) is 30.9 Å². The van der Waals surface area contributed by atoms with Gasteiger partial charge >= 0.3 is 10.1 Å². The lowest BCUT2D eigenvalue weighted by Gasteiger charge is -2.15. The number of hydrogen-bond acceptors (Lipinski definition) is 5. The fourth-order valence-corrected chi connectivity index (χ4v) is 4.43. The van der Waals surface area contributed by atoms with E-state index in [2.05, 4.69) is 0 Å². The van der Waals surface area contributed by atoms with Crippen molar-refractivity contribution in [3.05, 3.63) is 52.5 Å². The minimum atomic E-state index is -4.30. The van der Waals surface area contributed by atoms with Gasteiger partial charge in [-0.1, -0.05) is 37.6 Å². The molecule has 136 valence electrons. The molecule has 8 heteroatoms. The van der Waals surface area contributed by atoms with Crippen molar-refractivity contribution in [3.63, 3.8) is 0 Å². The quantitative estimate of drug-likeness (QED) is 0.708. The van der Waals surface area contributed by atoms with E-state index in [4.69, 9.17) is 15.8 Å². The van der Waals surface area contributed by atoms with Gasteiger partial charge < -0.3 is 4.18 Å². The van der Waals surface area contributed by atoms with E-state index in [9.17, 15) is 16.8 Å². The Balaban J connectivity index is 2.57. The van der Waals surface area contributed by atoms with Gasteiger partial charge in [0.25, 0.3) is 0 Å². The van der Waals surface area contributed by atoms with Gasteiger partial charge in [-0.05, 0) is 48.2 Å². The molecule has 0 aliphatic rings. The zero-order chi connectivity index (χ0) is 19.0. The topological polar surface area (TPSA) is 77.5 Å². The van der Waals surface area contributed by atoms with E-state index in [1.54, 1.807) is 12.1 Å². The fraction of sp³-hybridized carbons (Fsp3) is 0.294. The average molecular weight is 403 g/mol. The van der Waals surface area contributed by atoms with Gasteiger partial charge in [0.15, 0.2) is 9.84 Å². The number of sulfone groups is 1. The molecule has 0 spiro atoms. The maximum absolute atomic E-state index is 12.7. The Kier molecular flexibility index (Phi) is 5.51. The van der Waals surface area contributed by atoms with Crippen LogP contribution in [0.3, 0.4) is 0 Å². The number of hydrogen-bond donors (Lipinski definition) is 0. The molecule has 0 unspecified atom stereocenters. The summed E-state index contributed by atoms with van der Waals surface area (Å²) in [5.74, 6) is 0.249. The summed E-state index contributed by atoms with van der Waals surface area (Å²) in [6, 6.07) is 8.79. The van der Waals surface area contributed by atoms with Crippen LogP contribution in [0.5, 0.6) is 5.75 Å². The molecular weight excluding hydrogens is 384 g/mol. The molecule has 0 radical (unpaired) electrons. The van der Waals surface area contributed by atoms with E-state index in [0.29, 0.717) is 0 Å². The van der Waals surface area contributed by atoms with Gasteiger partial charge in [0.05, 0.1) is 9.92 Å². The molecule has 0 aliphatic carbocycles. The summed E-state index contributed by atoms with van der Waals surface area (Å²) < 4.78 is 54.1. The average Bonchev–Trinajstić information content (AvgIpc) is 2.45. The van der Waals surface area contributed by atoms with Crippen molar-refractivity contribution < 1.29 is 21.0 Å². The van der Waals surface area contributed by atoms with Gasteiger partial charge in [0.1, 0.15) is 10.6 Å². The first kappa shape index (κ1) is 19.8. The molecule has 2 aromatic carbocycles. The molecule has 0 atom stereocenters. The zero-order valence-corrected chi connectivity index (χ0v) is 16.7. The summed E-state index contributed by atoms with van der Waals surface area (Å²) in [5.41, 5.74) is 1.56. The van der Waals surface area contributed by atoms with Gasteiger partial charge in [-0.25, -0.2) is 8.42 Å². The van der Waals surface area contributed by atoms with Crippen LogP contribution in [-0.4, -0.2) is 23.1 Å². The predicted molar refractivity (Wildman–Crippen MR) is 97.6 cm³/mol. The van der Waals surface area contributed by atoms with Gasteiger partial charge in [-0.15, -0.1) is 0 Å². The SMILES string of the molecule is Cc1ccc(C(C)C)c(OS(=O)(=O)c2cc(S(C)(=O)=O)ccc2Cl)c1. The van der Waals surface area contributed by atoms with E-state index >= 15 is 0 Å². The first-order chi connectivity index (χ1) is 11.4. The molecule has 0 saturated carbocycles. The standard InChI is InChI=1S/C17H19ClO5S2/c1-11(2)14-7-5-12(3)9-16(14)23-25(21,22)17-10-13(24(4,19)20)6-8-15(17)18/h5-11H,1-4H3. The third-order valence-corrected chi connectivity index (χ3v) is 6.42. The van der Waals surface area contributed by atoms with Crippen molar-refractivity contribution in [2.75, 3.05) is 6.26 Å². The van der Waals surface area contributed by atoms with Crippen LogP contribution < -0.4 is 4.18 Å². The van der Waals surface area contributed by atoms with Gasteiger partial charge in [-0.2, -0.15) is 8.42 Å². The molecule has 2 aromatic rings. The molecule has 0 amide bonds. The van der Waals surface area contributed by atoms with Crippen LogP contribution in [0, 0.1) is 6.92 Å². The van der Waals surface area contributed by atoms with Crippen LogP contribution in [0.2, 0.25) is 5.02 Å². The van der Waals surface area contributed by atoms with E-state index in [0.717, 1.165) is 23.4 Å². The monoisotopic (exact) mass is 402 g/mol. The van der Waals surface area contributed by atoms with Crippen LogP contribution in [-0.2, 0) is 20.0 Å². The van der Waals surface area contributed by atoms with Crippen molar-refractivity contribution >= 4 is 31.6 Å². The normalized spacial score (nSPS) is 12.4. The van der Waals surface area contributed by atoms with Crippen molar-refractivity contribution in [3.8, 4) is 5.75 Å². The first-order valence-electron chi connectivity index (χ1n) is 7.46. The molecule has 5 nitrogen and oxygen atoms in total. The lowest BCUT2D eigenvalue weighted by atomic mass is 10.0. The Morgan fingerprint density at radius 1 is 1.00 bits per heavy atom. The van der Waals surface area contributed by atoms with Crippen molar-refractivity contribution in [2.24, 2.45) is 0 Å². The molecule has 0 fully saturated rings. The molecule has 2 rings (SSSR count). The molecule has 0 bridgehead atoms. The maximum Gasteiger partial charge on any atom is 0.340 e. The molecule has 0 aliphatic heterocycles. The Hall–Kier alpha value is -1.57. The highest BCUT2D eigenvalue weighted by Crippen LogP contribution is 2.32. The third kappa shape index (κ3) is 4.54. The van der Waals surface area contributed by atoms with Crippen molar-refractivity contribution in [2.45, 2.75) is 36.5 Å². The van der Waals surface area contributed by atoms with Gasteiger partial charge in [-0.3, -0.25) is 0 Å². The Labute approximate surface area is 153 Å². The molecular formula is C17H19ClO5S2.